The van der Waals surface area contributed by atoms with E-state index in [1.165, 1.54) is 0 Å². The van der Waals surface area contributed by atoms with Gasteiger partial charge in [-0.3, -0.25) is 0 Å². The molecule has 2 N–H and O–H groups in total. The fourth-order valence-corrected chi connectivity index (χ4v) is 1.51. The number of rotatable bonds is 1. The summed E-state index contributed by atoms with van der Waals surface area (Å²) in [7, 11) is 0. The molecular formula is C10H7ClF3N3. The van der Waals surface area contributed by atoms with Crippen LogP contribution in [0.3, 0.4) is 0 Å². The third-order valence-corrected chi connectivity index (χ3v) is 2.70. The highest BCUT2D eigenvalue weighted by molar-refractivity contribution is 6.33. The van der Waals surface area contributed by atoms with E-state index in [9.17, 15) is 13.2 Å². The molecule has 0 fully saturated rings. The van der Waals surface area contributed by atoms with Gasteiger partial charge in [-0.25, -0.2) is 17.9 Å². The molecule has 0 atom stereocenters. The first-order valence-corrected chi connectivity index (χ1v) is 4.95. The smallest absolute Gasteiger partial charge is 0.194 e. The summed E-state index contributed by atoms with van der Waals surface area (Å²) in [5.41, 5.74) is 5.98. The highest BCUT2D eigenvalue weighted by Gasteiger charge is 2.16. The lowest BCUT2D eigenvalue weighted by Gasteiger charge is -2.05. The molecule has 0 aliphatic rings. The van der Waals surface area contributed by atoms with Crippen molar-refractivity contribution in [3.05, 3.63) is 40.3 Å². The van der Waals surface area contributed by atoms with Gasteiger partial charge in [0.1, 0.15) is 10.8 Å². The first-order chi connectivity index (χ1) is 7.91. The van der Waals surface area contributed by atoms with E-state index in [4.69, 9.17) is 17.3 Å². The van der Waals surface area contributed by atoms with Crippen LogP contribution >= 0.6 is 11.6 Å². The summed E-state index contributed by atoms with van der Waals surface area (Å²) in [5, 5.41) is 4.09. The van der Waals surface area contributed by atoms with E-state index in [0.29, 0.717) is 5.69 Å². The van der Waals surface area contributed by atoms with Gasteiger partial charge < -0.3 is 5.73 Å². The Labute approximate surface area is 99.6 Å². The van der Waals surface area contributed by atoms with E-state index < -0.39 is 17.5 Å². The summed E-state index contributed by atoms with van der Waals surface area (Å²) in [6.07, 6.45) is 0. The Morgan fingerprint density at radius 1 is 1.24 bits per heavy atom. The number of anilines is 1. The largest absolute Gasteiger partial charge is 0.382 e. The Morgan fingerprint density at radius 2 is 1.76 bits per heavy atom. The first kappa shape index (κ1) is 11.8. The first-order valence-electron chi connectivity index (χ1n) is 4.57. The zero-order valence-corrected chi connectivity index (χ0v) is 9.39. The normalized spacial score (nSPS) is 10.9. The van der Waals surface area contributed by atoms with Gasteiger partial charge in [-0.05, 0) is 6.92 Å². The van der Waals surface area contributed by atoms with Gasteiger partial charge in [0.2, 0.25) is 0 Å². The van der Waals surface area contributed by atoms with Crippen molar-refractivity contribution >= 4 is 17.4 Å². The topological polar surface area (TPSA) is 43.8 Å². The van der Waals surface area contributed by atoms with Crippen LogP contribution in [0.5, 0.6) is 0 Å². The number of halogens is 4. The number of aryl methyl sites for hydroxylation is 1. The van der Waals surface area contributed by atoms with Crippen LogP contribution in [0.25, 0.3) is 5.69 Å². The predicted molar refractivity (Wildman–Crippen MR) is 57.6 cm³/mol. The average molecular weight is 262 g/mol. The number of benzene rings is 1. The Morgan fingerprint density at radius 3 is 2.18 bits per heavy atom. The van der Waals surface area contributed by atoms with E-state index in [1.54, 1.807) is 6.92 Å². The van der Waals surface area contributed by atoms with Crippen LogP contribution < -0.4 is 5.73 Å². The summed E-state index contributed by atoms with van der Waals surface area (Å²) in [6, 6.07) is 1.58. The van der Waals surface area contributed by atoms with Crippen LogP contribution in [0.4, 0.5) is 19.0 Å². The molecule has 0 amide bonds. The standard InChI is InChI=1S/C10H7ClF3N3/c1-4-8(11)10(15)17(16-4)5-2-6(12)9(14)7(13)3-5/h2-3H,15H2,1H3. The molecular weight excluding hydrogens is 255 g/mol. The van der Waals surface area contributed by atoms with Gasteiger partial charge in [0.05, 0.1) is 11.4 Å². The molecule has 17 heavy (non-hydrogen) atoms. The van der Waals surface area contributed by atoms with Gasteiger partial charge in [0.25, 0.3) is 0 Å². The van der Waals surface area contributed by atoms with Crippen molar-refractivity contribution in [3.63, 3.8) is 0 Å². The fourth-order valence-electron chi connectivity index (χ4n) is 1.39. The summed E-state index contributed by atoms with van der Waals surface area (Å²) >= 11 is 5.79. The predicted octanol–water partition coefficient (Wildman–Crippen LogP) is 2.83. The molecule has 1 heterocycles. The maximum atomic E-state index is 13.0. The lowest BCUT2D eigenvalue weighted by Crippen LogP contribution is -2.04. The quantitative estimate of drug-likeness (QED) is 0.802. The molecule has 90 valence electrons. The maximum absolute atomic E-state index is 13.0. The van der Waals surface area contributed by atoms with Crippen molar-refractivity contribution in [2.75, 3.05) is 5.73 Å². The molecule has 2 aromatic rings. The van der Waals surface area contributed by atoms with E-state index in [2.05, 4.69) is 5.10 Å². The lowest BCUT2D eigenvalue weighted by atomic mass is 10.3. The Kier molecular flexibility index (Phi) is 2.74. The number of aromatic nitrogens is 2. The molecule has 3 nitrogen and oxygen atoms in total. The molecule has 0 spiro atoms. The maximum Gasteiger partial charge on any atom is 0.194 e. The third kappa shape index (κ3) is 1.84. The summed E-state index contributed by atoms with van der Waals surface area (Å²) in [6.45, 7) is 1.59. The van der Waals surface area contributed by atoms with Crippen molar-refractivity contribution in [2.45, 2.75) is 6.92 Å². The minimum atomic E-state index is -1.54. The monoisotopic (exact) mass is 261 g/mol. The summed E-state index contributed by atoms with van der Waals surface area (Å²) in [5.74, 6) is -4.13. The SMILES string of the molecule is Cc1nn(-c2cc(F)c(F)c(F)c2)c(N)c1Cl. The van der Waals surface area contributed by atoms with Gasteiger partial charge in [0, 0.05) is 12.1 Å². The molecule has 1 aromatic heterocycles. The summed E-state index contributed by atoms with van der Waals surface area (Å²) in [4.78, 5) is 0. The summed E-state index contributed by atoms with van der Waals surface area (Å²) < 4.78 is 39.9. The Hall–Kier alpha value is -1.69. The van der Waals surface area contributed by atoms with Crippen LogP contribution in [0, 0.1) is 24.4 Å². The van der Waals surface area contributed by atoms with Crippen LogP contribution in [0.2, 0.25) is 5.02 Å². The number of nitrogen functional groups attached to an aromatic ring is 1. The molecule has 0 saturated carbocycles. The molecule has 0 aliphatic carbocycles. The van der Waals surface area contributed by atoms with Crippen molar-refractivity contribution in [1.29, 1.82) is 0 Å². The lowest BCUT2D eigenvalue weighted by molar-refractivity contribution is 0.446. The fraction of sp³-hybridized carbons (Fsp3) is 0.100. The van der Waals surface area contributed by atoms with Crippen LogP contribution in [-0.2, 0) is 0 Å². The zero-order chi connectivity index (χ0) is 12.7. The number of nitrogens with zero attached hydrogens (tertiary/aromatic N) is 2. The second kappa shape index (κ2) is 3.96. The number of hydrogen-bond acceptors (Lipinski definition) is 2. The molecule has 0 radical (unpaired) electrons. The van der Waals surface area contributed by atoms with Gasteiger partial charge in [-0.1, -0.05) is 11.6 Å². The van der Waals surface area contributed by atoms with E-state index in [0.717, 1.165) is 16.8 Å². The zero-order valence-electron chi connectivity index (χ0n) is 8.64. The minimum Gasteiger partial charge on any atom is -0.382 e. The van der Waals surface area contributed by atoms with Crippen molar-refractivity contribution in [2.24, 2.45) is 0 Å². The Bertz CT molecular complexity index is 572. The van der Waals surface area contributed by atoms with Gasteiger partial charge in [-0.15, -0.1) is 0 Å². The average Bonchev–Trinajstić information content (AvgIpc) is 2.53. The van der Waals surface area contributed by atoms with Crippen LogP contribution in [-0.4, -0.2) is 9.78 Å². The van der Waals surface area contributed by atoms with Crippen molar-refractivity contribution < 1.29 is 13.2 Å². The molecule has 7 heteroatoms. The van der Waals surface area contributed by atoms with Gasteiger partial charge in [0.15, 0.2) is 17.5 Å². The minimum absolute atomic E-state index is 0.0334. The van der Waals surface area contributed by atoms with Crippen molar-refractivity contribution in [3.8, 4) is 5.69 Å². The van der Waals surface area contributed by atoms with Gasteiger partial charge in [-0.2, -0.15) is 5.10 Å². The highest BCUT2D eigenvalue weighted by Crippen LogP contribution is 2.26. The second-order valence-corrected chi connectivity index (χ2v) is 3.80. The van der Waals surface area contributed by atoms with Crippen LogP contribution in [0.15, 0.2) is 12.1 Å². The number of hydrogen-bond donors (Lipinski definition) is 1. The molecule has 0 aliphatic heterocycles. The van der Waals surface area contributed by atoms with E-state index >= 15 is 0 Å². The number of nitrogens with two attached hydrogens (primary N) is 1. The molecule has 0 bridgehead atoms. The van der Waals surface area contributed by atoms with E-state index in [-0.39, 0.29) is 16.5 Å². The van der Waals surface area contributed by atoms with Crippen molar-refractivity contribution in [1.82, 2.24) is 9.78 Å². The third-order valence-electron chi connectivity index (χ3n) is 2.23. The Balaban J connectivity index is 2.65. The molecule has 2 rings (SSSR count). The molecule has 0 saturated heterocycles. The van der Waals surface area contributed by atoms with Crippen LogP contribution in [0.1, 0.15) is 5.69 Å². The molecule has 0 unspecified atom stereocenters. The van der Waals surface area contributed by atoms with Gasteiger partial charge >= 0.3 is 0 Å². The second-order valence-electron chi connectivity index (χ2n) is 3.42. The molecule has 1 aromatic carbocycles. The van der Waals surface area contributed by atoms with E-state index in [1.807, 2.05) is 0 Å². The highest BCUT2D eigenvalue weighted by atomic mass is 35.5.